The van der Waals surface area contributed by atoms with Gasteiger partial charge in [0.2, 0.25) is 0 Å². The van der Waals surface area contributed by atoms with Crippen LogP contribution in [0.1, 0.15) is 70.6 Å². The normalized spacial score (nSPS) is 31.8. The second-order valence-corrected chi connectivity index (χ2v) is 6.52. The SMILES string of the molecule is OCC1CCC(NCC2CCCCCCC2)CC1. The second kappa shape index (κ2) is 8.16. The average molecular weight is 253 g/mol. The van der Waals surface area contributed by atoms with E-state index in [-0.39, 0.29) is 0 Å². The first-order valence-electron chi connectivity index (χ1n) is 8.22. The Kier molecular flexibility index (Phi) is 6.50. The molecule has 2 aliphatic carbocycles. The molecule has 106 valence electrons. The van der Waals surface area contributed by atoms with Crippen LogP contribution >= 0.6 is 0 Å². The number of aliphatic hydroxyl groups excluding tert-OH is 1. The summed E-state index contributed by atoms with van der Waals surface area (Å²) in [5.41, 5.74) is 0. The lowest BCUT2D eigenvalue weighted by atomic mass is 9.86. The highest BCUT2D eigenvalue weighted by molar-refractivity contribution is 4.78. The molecular formula is C16H31NO. The zero-order valence-electron chi connectivity index (χ0n) is 11.9. The summed E-state index contributed by atoms with van der Waals surface area (Å²) in [6.07, 6.45) is 15.2. The van der Waals surface area contributed by atoms with Crippen LogP contribution < -0.4 is 5.32 Å². The van der Waals surface area contributed by atoms with Crippen molar-refractivity contribution in [1.29, 1.82) is 0 Å². The fourth-order valence-corrected chi connectivity index (χ4v) is 3.63. The molecule has 0 heterocycles. The highest BCUT2D eigenvalue weighted by Gasteiger charge is 2.21. The Morgan fingerprint density at radius 3 is 1.94 bits per heavy atom. The molecule has 0 bridgehead atoms. The van der Waals surface area contributed by atoms with Gasteiger partial charge in [-0.3, -0.25) is 0 Å². The monoisotopic (exact) mass is 253 g/mol. The highest BCUT2D eigenvalue weighted by Crippen LogP contribution is 2.25. The van der Waals surface area contributed by atoms with Gasteiger partial charge in [0.05, 0.1) is 0 Å². The molecule has 2 fully saturated rings. The van der Waals surface area contributed by atoms with E-state index in [0.717, 1.165) is 12.0 Å². The summed E-state index contributed by atoms with van der Waals surface area (Å²) >= 11 is 0. The maximum absolute atomic E-state index is 9.15. The smallest absolute Gasteiger partial charge is 0.0459 e. The highest BCUT2D eigenvalue weighted by atomic mass is 16.3. The minimum Gasteiger partial charge on any atom is -0.396 e. The van der Waals surface area contributed by atoms with E-state index in [0.29, 0.717) is 12.5 Å². The van der Waals surface area contributed by atoms with Crippen LogP contribution in [-0.4, -0.2) is 24.3 Å². The number of aliphatic hydroxyl groups is 1. The van der Waals surface area contributed by atoms with Gasteiger partial charge in [-0.1, -0.05) is 32.1 Å². The first-order chi connectivity index (χ1) is 8.88. The van der Waals surface area contributed by atoms with Gasteiger partial charge in [-0.05, 0) is 56.9 Å². The van der Waals surface area contributed by atoms with Gasteiger partial charge in [0.15, 0.2) is 0 Å². The van der Waals surface area contributed by atoms with Crippen molar-refractivity contribution < 1.29 is 5.11 Å². The summed E-state index contributed by atoms with van der Waals surface area (Å²) in [5, 5.41) is 13.0. The largest absolute Gasteiger partial charge is 0.396 e. The maximum atomic E-state index is 9.15. The molecule has 2 heteroatoms. The van der Waals surface area contributed by atoms with Gasteiger partial charge >= 0.3 is 0 Å². The predicted molar refractivity (Wildman–Crippen MR) is 76.6 cm³/mol. The van der Waals surface area contributed by atoms with Crippen molar-refractivity contribution in [1.82, 2.24) is 5.32 Å². The van der Waals surface area contributed by atoms with Crippen molar-refractivity contribution in [2.45, 2.75) is 76.7 Å². The number of rotatable bonds is 4. The van der Waals surface area contributed by atoms with E-state index in [1.54, 1.807) is 0 Å². The van der Waals surface area contributed by atoms with Crippen molar-refractivity contribution in [3.63, 3.8) is 0 Å². The third-order valence-corrected chi connectivity index (χ3v) is 5.02. The molecule has 0 unspecified atom stereocenters. The summed E-state index contributed by atoms with van der Waals surface area (Å²) in [6.45, 7) is 1.64. The van der Waals surface area contributed by atoms with Crippen LogP contribution in [0.2, 0.25) is 0 Å². The van der Waals surface area contributed by atoms with E-state index >= 15 is 0 Å². The molecule has 0 saturated heterocycles. The molecule has 0 aromatic rings. The third kappa shape index (κ3) is 4.89. The Labute approximate surface area is 113 Å². The van der Waals surface area contributed by atoms with Gasteiger partial charge in [-0.15, -0.1) is 0 Å². The number of hydrogen-bond donors (Lipinski definition) is 2. The maximum Gasteiger partial charge on any atom is 0.0459 e. The molecule has 0 aromatic heterocycles. The molecule has 2 N–H and O–H groups in total. The summed E-state index contributed by atoms with van der Waals surface area (Å²) in [6, 6.07) is 0.734. The molecule has 0 atom stereocenters. The summed E-state index contributed by atoms with van der Waals surface area (Å²) in [7, 11) is 0. The molecule has 0 aliphatic heterocycles. The standard InChI is InChI=1S/C16H31NO/c18-13-15-8-10-16(11-9-15)17-12-14-6-4-2-1-3-5-7-14/h14-18H,1-13H2. The molecule has 0 aromatic carbocycles. The van der Waals surface area contributed by atoms with Crippen molar-refractivity contribution >= 4 is 0 Å². The van der Waals surface area contributed by atoms with E-state index in [1.807, 2.05) is 0 Å². The molecule has 2 nitrogen and oxygen atoms in total. The first kappa shape index (κ1) is 14.3. The minimum atomic E-state index is 0.398. The lowest BCUT2D eigenvalue weighted by Gasteiger charge is -2.30. The quantitative estimate of drug-likeness (QED) is 0.804. The van der Waals surface area contributed by atoms with E-state index in [2.05, 4.69) is 5.32 Å². The number of hydrogen-bond acceptors (Lipinski definition) is 2. The van der Waals surface area contributed by atoms with Gasteiger partial charge in [-0.25, -0.2) is 0 Å². The molecule has 18 heavy (non-hydrogen) atoms. The Morgan fingerprint density at radius 2 is 1.33 bits per heavy atom. The van der Waals surface area contributed by atoms with Crippen molar-refractivity contribution in [2.24, 2.45) is 11.8 Å². The van der Waals surface area contributed by atoms with Crippen LogP contribution in [0.25, 0.3) is 0 Å². The van der Waals surface area contributed by atoms with Crippen molar-refractivity contribution in [3.8, 4) is 0 Å². The molecule has 0 radical (unpaired) electrons. The van der Waals surface area contributed by atoms with Gasteiger partial charge in [0, 0.05) is 12.6 Å². The van der Waals surface area contributed by atoms with Crippen molar-refractivity contribution in [2.75, 3.05) is 13.2 Å². The van der Waals surface area contributed by atoms with Gasteiger partial charge in [0.25, 0.3) is 0 Å². The minimum absolute atomic E-state index is 0.398. The lowest BCUT2D eigenvalue weighted by molar-refractivity contribution is 0.173. The Bertz CT molecular complexity index is 203. The molecular weight excluding hydrogens is 222 g/mol. The van der Waals surface area contributed by atoms with E-state index in [9.17, 15) is 0 Å². The number of nitrogens with one attached hydrogen (secondary N) is 1. The molecule has 2 rings (SSSR count). The first-order valence-corrected chi connectivity index (χ1v) is 8.22. The molecule has 2 saturated carbocycles. The van der Waals surface area contributed by atoms with Crippen LogP contribution in [-0.2, 0) is 0 Å². The molecule has 2 aliphatic rings. The second-order valence-electron chi connectivity index (χ2n) is 6.52. The van der Waals surface area contributed by atoms with Crippen LogP contribution in [0.5, 0.6) is 0 Å². The zero-order valence-corrected chi connectivity index (χ0v) is 11.9. The van der Waals surface area contributed by atoms with E-state index < -0.39 is 0 Å². The van der Waals surface area contributed by atoms with Gasteiger partial charge < -0.3 is 10.4 Å². The topological polar surface area (TPSA) is 32.3 Å². The summed E-state index contributed by atoms with van der Waals surface area (Å²) in [4.78, 5) is 0. The summed E-state index contributed by atoms with van der Waals surface area (Å²) in [5.74, 6) is 1.52. The van der Waals surface area contributed by atoms with E-state index in [4.69, 9.17) is 5.11 Å². The van der Waals surface area contributed by atoms with Crippen molar-refractivity contribution in [3.05, 3.63) is 0 Å². The zero-order chi connectivity index (χ0) is 12.6. The fraction of sp³-hybridized carbons (Fsp3) is 1.00. The fourth-order valence-electron chi connectivity index (χ4n) is 3.63. The Hall–Kier alpha value is -0.0800. The van der Waals surface area contributed by atoms with E-state index in [1.165, 1.54) is 77.2 Å². The average Bonchev–Trinajstić information content (AvgIpc) is 2.38. The van der Waals surface area contributed by atoms with Gasteiger partial charge in [-0.2, -0.15) is 0 Å². The summed E-state index contributed by atoms with van der Waals surface area (Å²) < 4.78 is 0. The predicted octanol–water partition coefficient (Wildman–Crippen LogP) is 3.49. The van der Waals surface area contributed by atoms with Crippen LogP contribution in [0.4, 0.5) is 0 Å². The third-order valence-electron chi connectivity index (χ3n) is 5.02. The lowest BCUT2D eigenvalue weighted by Crippen LogP contribution is -2.37. The molecule has 0 spiro atoms. The van der Waals surface area contributed by atoms with Crippen LogP contribution in [0, 0.1) is 11.8 Å². The van der Waals surface area contributed by atoms with Gasteiger partial charge in [0.1, 0.15) is 0 Å². The van der Waals surface area contributed by atoms with Crippen LogP contribution in [0.3, 0.4) is 0 Å². The Balaban J connectivity index is 1.61. The van der Waals surface area contributed by atoms with Crippen LogP contribution in [0.15, 0.2) is 0 Å². The Morgan fingerprint density at radius 1 is 0.722 bits per heavy atom. The molecule has 0 amide bonds.